The average Bonchev–Trinajstić information content (AvgIpc) is 2.25. The van der Waals surface area contributed by atoms with E-state index < -0.39 is 0 Å². The van der Waals surface area contributed by atoms with Crippen LogP contribution >= 0.6 is 0 Å². The maximum Gasteiger partial charge on any atom is 0.271 e. The number of rotatable bonds is 4. The van der Waals surface area contributed by atoms with E-state index in [1.165, 1.54) is 0 Å². The van der Waals surface area contributed by atoms with Crippen LogP contribution in [-0.2, 0) is 0 Å². The fraction of sp³-hybridized carbons (Fsp3) is 0.273. The molecule has 0 saturated heterocycles. The maximum atomic E-state index is 11.4. The van der Waals surface area contributed by atoms with Crippen molar-refractivity contribution in [2.24, 2.45) is 5.10 Å². The Morgan fingerprint density at radius 1 is 1.43 bits per heavy atom. The lowest BCUT2D eigenvalue weighted by atomic mass is 10.2. The summed E-state index contributed by atoms with van der Waals surface area (Å²) in [7, 11) is 0. The number of amides is 1. The average molecular weight is 190 g/mol. The Balaban J connectivity index is 2.44. The molecule has 3 heteroatoms. The zero-order valence-corrected chi connectivity index (χ0v) is 8.23. The minimum atomic E-state index is -0.169. The molecule has 0 unspecified atom stereocenters. The summed E-state index contributed by atoms with van der Waals surface area (Å²) in [5, 5.41) is 3.81. The van der Waals surface area contributed by atoms with Gasteiger partial charge in [0.25, 0.3) is 5.91 Å². The summed E-state index contributed by atoms with van der Waals surface area (Å²) in [6.45, 7) is 2.06. The monoisotopic (exact) mass is 190 g/mol. The first kappa shape index (κ1) is 10.4. The zero-order chi connectivity index (χ0) is 10.2. The highest BCUT2D eigenvalue weighted by Gasteiger charge is 2.00. The molecule has 0 aromatic heterocycles. The van der Waals surface area contributed by atoms with Crippen LogP contribution in [0.1, 0.15) is 30.1 Å². The van der Waals surface area contributed by atoms with E-state index in [-0.39, 0.29) is 5.91 Å². The molecule has 0 atom stereocenters. The van der Waals surface area contributed by atoms with Gasteiger partial charge in [0, 0.05) is 11.8 Å². The first-order valence-electron chi connectivity index (χ1n) is 4.71. The van der Waals surface area contributed by atoms with Crippen LogP contribution in [0.5, 0.6) is 0 Å². The van der Waals surface area contributed by atoms with Gasteiger partial charge in [0.15, 0.2) is 0 Å². The second-order valence-electron chi connectivity index (χ2n) is 2.91. The van der Waals surface area contributed by atoms with Crippen LogP contribution in [0, 0.1) is 0 Å². The maximum absolute atomic E-state index is 11.4. The molecule has 0 heterocycles. The van der Waals surface area contributed by atoms with Gasteiger partial charge in [-0.05, 0) is 18.6 Å². The van der Waals surface area contributed by atoms with Crippen molar-refractivity contribution < 1.29 is 4.79 Å². The lowest BCUT2D eigenvalue weighted by Crippen LogP contribution is -2.17. The first-order chi connectivity index (χ1) is 6.84. The van der Waals surface area contributed by atoms with Crippen molar-refractivity contribution in [1.82, 2.24) is 5.43 Å². The van der Waals surface area contributed by atoms with Gasteiger partial charge >= 0.3 is 0 Å². The van der Waals surface area contributed by atoms with Gasteiger partial charge in [-0.2, -0.15) is 5.10 Å². The third kappa shape index (κ3) is 3.39. The van der Waals surface area contributed by atoms with E-state index in [4.69, 9.17) is 0 Å². The molecule has 0 fully saturated rings. The third-order valence-corrected chi connectivity index (χ3v) is 1.71. The number of nitrogens with one attached hydrogen (secondary N) is 1. The Morgan fingerprint density at radius 3 is 2.79 bits per heavy atom. The molecule has 1 rings (SSSR count). The number of benzene rings is 1. The molecule has 0 saturated carbocycles. The Hall–Kier alpha value is -1.64. The minimum Gasteiger partial charge on any atom is -0.267 e. The standard InChI is InChI=1S/C11H14N2O/c1-2-3-9-12-13-11(14)10-7-5-4-6-8-10/h4-9H,2-3H2,1H3,(H,13,14)/b12-9-. The van der Waals surface area contributed by atoms with E-state index in [0.29, 0.717) is 5.56 Å². The summed E-state index contributed by atoms with van der Waals surface area (Å²) in [5.41, 5.74) is 3.09. The molecule has 0 aliphatic heterocycles. The number of carbonyl (C=O) groups is 1. The number of hydrogen-bond donors (Lipinski definition) is 1. The van der Waals surface area contributed by atoms with Gasteiger partial charge in [0.1, 0.15) is 0 Å². The molecular weight excluding hydrogens is 176 g/mol. The topological polar surface area (TPSA) is 41.5 Å². The van der Waals surface area contributed by atoms with Crippen molar-refractivity contribution >= 4 is 12.1 Å². The molecule has 1 aromatic carbocycles. The van der Waals surface area contributed by atoms with Crippen molar-refractivity contribution in [2.75, 3.05) is 0 Å². The summed E-state index contributed by atoms with van der Waals surface area (Å²) in [6.07, 6.45) is 3.63. The SMILES string of the molecule is CCC/C=N\NC(=O)c1ccccc1. The highest BCUT2D eigenvalue weighted by Crippen LogP contribution is 1.97. The molecule has 0 aliphatic rings. The molecule has 0 radical (unpaired) electrons. The van der Waals surface area contributed by atoms with Crippen LogP contribution < -0.4 is 5.43 Å². The van der Waals surface area contributed by atoms with Crippen molar-refractivity contribution in [2.45, 2.75) is 19.8 Å². The number of hydrazone groups is 1. The highest BCUT2D eigenvalue weighted by molar-refractivity contribution is 5.94. The van der Waals surface area contributed by atoms with Crippen LogP contribution in [0.15, 0.2) is 35.4 Å². The summed E-state index contributed by atoms with van der Waals surface area (Å²) in [4.78, 5) is 11.4. The molecule has 14 heavy (non-hydrogen) atoms. The lowest BCUT2D eigenvalue weighted by Gasteiger charge is -1.97. The third-order valence-electron chi connectivity index (χ3n) is 1.71. The van der Waals surface area contributed by atoms with Crippen LogP contribution in [-0.4, -0.2) is 12.1 Å². The summed E-state index contributed by atoms with van der Waals surface area (Å²) >= 11 is 0. The minimum absolute atomic E-state index is 0.169. The highest BCUT2D eigenvalue weighted by atomic mass is 16.2. The molecular formula is C11H14N2O. The van der Waals surface area contributed by atoms with E-state index in [0.717, 1.165) is 12.8 Å². The van der Waals surface area contributed by atoms with Gasteiger partial charge in [0.2, 0.25) is 0 Å². The van der Waals surface area contributed by atoms with Crippen molar-refractivity contribution in [3.8, 4) is 0 Å². The fourth-order valence-electron chi connectivity index (χ4n) is 0.952. The molecule has 3 nitrogen and oxygen atoms in total. The van der Waals surface area contributed by atoms with Gasteiger partial charge in [-0.1, -0.05) is 31.5 Å². The molecule has 1 amide bonds. The van der Waals surface area contributed by atoms with E-state index in [1.54, 1.807) is 18.3 Å². The Bertz CT molecular complexity index is 306. The largest absolute Gasteiger partial charge is 0.271 e. The van der Waals surface area contributed by atoms with Gasteiger partial charge < -0.3 is 0 Å². The van der Waals surface area contributed by atoms with Crippen molar-refractivity contribution in [3.63, 3.8) is 0 Å². The van der Waals surface area contributed by atoms with Gasteiger partial charge in [0.05, 0.1) is 0 Å². The lowest BCUT2D eigenvalue weighted by molar-refractivity contribution is 0.0955. The number of nitrogens with zero attached hydrogens (tertiary/aromatic N) is 1. The smallest absolute Gasteiger partial charge is 0.267 e. The van der Waals surface area contributed by atoms with Crippen LogP contribution in [0.4, 0.5) is 0 Å². The second-order valence-corrected chi connectivity index (χ2v) is 2.91. The Morgan fingerprint density at radius 2 is 2.14 bits per heavy atom. The number of carbonyl (C=O) groups excluding carboxylic acids is 1. The van der Waals surface area contributed by atoms with E-state index >= 15 is 0 Å². The summed E-state index contributed by atoms with van der Waals surface area (Å²) < 4.78 is 0. The predicted octanol–water partition coefficient (Wildman–Crippen LogP) is 2.20. The molecule has 74 valence electrons. The van der Waals surface area contributed by atoms with Crippen LogP contribution in [0.3, 0.4) is 0 Å². The molecule has 0 spiro atoms. The summed E-state index contributed by atoms with van der Waals surface area (Å²) in [6, 6.07) is 9.03. The number of unbranched alkanes of at least 4 members (excludes halogenated alkanes) is 1. The van der Waals surface area contributed by atoms with Crippen molar-refractivity contribution in [3.05, 3.63) is 35.9 Å². The quantitative estimate of drug-likeness (QED) is 0.574. The molecule has 0 bridgehead atoms. The number of hydrogen-bond acceptors (Lipinski definition) is 2. The molecule has 0 aliphatic carbocycles. The predicted molar refractivity (Wildman–Crippen MR) is 57.3 cm³/mol. The van der Waals surface area contributed by atoms with E-state index in [1.807, 2.05) is 18.2 Å². The first-order valence-corrected chi connectivity index (χ1v) is 4.71. The van der Waals surface area contributed by atoms with Gasteiger partial charge in [-0.15, -0.1) is 0 Å². The van der Waals surface area contributed by atoms with E-state index in [9.17, 15) is 4.79 Å². The Kier molecular flexibility index (Phi) is 4.41. The zero-order valence-electron chi connectivity index (χ0n) is 8.23. The van der Waals surface area contributed by atoms with Crippen molar-refractivity contribution in [1.29, 1.82) is 0 Å². The van der Waals surface area contributed by atoms with Crippen LogP contribution in [0.2, 0.25) is 0 Å². The Labute approximate surface area is 83.8 Å². The normalized spacial score (nSPS) is 10.4. The second kappa shape index (κ2) is 5.91. The van der Waals surface area contributed by atoms with Gasteiger partial charge in [-0.25, -0.2) is 5.43 Å². The molecule has 1 aromatic rings. The van der Waals surface area contributed by atoms with Gasteiger partial charge in [-0.3, -0.25) is 4.79 Å². The molecule has 1 N–H and O–H groups in total. The van der Waals surface area contributed by atoms with E-state index in [2.05, 4.69) is 17.5 Å². The fourth-order valence-corrected chi connectivity index (χ4v) is 0.952. The summed E-state index contributed by atoms with van der Waals surface area (Å²) in [5.74, 6) is -0.169. The van der Waals surface area contributed by atoms with Crippen LogP contribution in [0.25, 0.3) is 0 Å².